The van der Waals surface area contributed by atoms with Crippen LogP contribution in [0.15, 0.2) is 48.2 Å². The molecule has 1 aromatic carbocycles. The van der Waals surface area contributed by atoms with E-state index >= 15 is 0 Å². The maximum Gasteiger partial charge on any atom is 0.302 e. The number of rotatable bonds is 2. The van der Waals surface area contributed by atoms with Crippen LogP contribution in [0, 0.1) is 23.7 Å². The van der Waals surface area contributed by atoms with Gasteiger partial charge in [-0.25, -0.2) is 0 Å². The number of hydrogen-bond acceptors (Lipinski definition) is 4. The van der Waals surface area contributed by atoms with Crippen LogP contribution >= 0.6 is 0 Å². The standard InChI is InChI=1S/C13H19NO.C9H11NO2/c1-7-6-8(2)11-10(4)14(5)13(15)12(11)9(7)3;1-7(11)12-6-8-2-4-9(10)5-3-8/h6,8-9,11-12H,4H2,1-3,5H3;2-5H,6,10H2,1H3/t8?,9?,11-,12-;/m1./s1. The number of ether oxygens (including phenoxy) is 1. The van der Waals surface area contributed by atoms with E-state index in [9.17, 15) is 9.59 Å². The Hall–Kier alpha value is -2.56. The van der Waals surface area contributed by atoms with Crippen LogP contribution < -0.4 is 5.73 Å². The molecule has 0 radical (unpaired) electrons. The minimum atomic E-state index is -0.271. The van der Waals surface area contributed by atoms with Crippen molar-refractivity contribution >= 4 is 17.6 Å². The van der Waals surface area contributed by atoms with Gasteiger partial charge in [-0.05, 0) is 36.5 Å². The summed E-state index contributed by atoms with van der Waals surface area (Å²) in [5.41, 5.74) is 9.47. The molecule has 1 aromatic rings. The summed E-state index contributed by atoms with van der Waals surface area (Å²) in [4.78, 5) is 24.3. The molecule has 0 spiro atoms. The van der Waals surface area contributed by atoms with Gasteiger partial charge in [0.05, 0.1) is 5.92 Å². The number of anilines is 1. The van der Waals surface area contributed by atoms with Crippen LogP contribution in [0.25, 0.3) is 0 Å². The van der Waals surface area contributed by atoms with Gasteiger partial charge in [-0.1, -0.05) is 44.2 Å². The van der Waals surface area contributed by atoms with Gasteiger partial charge in [0.1, 0.15) is 6.61 Å². The highest BCUT2D eigenvalue weighted by Crippen LogP contribution is 2.47. The Morgan fingerprint density at radius 1 is 1.22 bits per heavy atom. The zero-order valence-corrected chi connectivity index (χ0v) is 16.9. The number of carbonyl (C=O) groups is 2. The van der Waals surface area contributed by atoms with Gasteiger partial charge in [0, 0.05) is 31.3 Å². The third-order valence-corrected chi connectivity index (χ3v) is 5.59. The number of nitrogens with zero attached hydrogens (tertiary/aromatic N) is 1. The Bertz CT molecular complexity index is 751. The van der Waals surface area contributed by atoms with Gasteiger partial charge in [0.25, 0.3) is 0 Å². The Balaban J connectivity index is 0.000000199. The smallest absolute Gasteiger partial charge is 0.302 e. The van der Waals surface area contributed by atoms with Crippen molar-refractivity contribution in [2.24, 2.45) is 23.7 Å². The van der Waals surface area contributed by atoms with Gasteiger partial charge in [-0.3, -0.25) is 9.59 Å². The second-order valence-electron chi connectivity index (χ2n) is 7.52. The molecule has 1 amide bonds. The van der Waals surface area contributed by atoms with Crippen LogP contribution in [0.1, 0.15) is 33.3 Å². The van der Waals surface area contributed by atoms with Crippen molar-refractivity contribution in [2.75, 3.05) is 12.8 Å². The fourth-order valence-corrected chi connectivity index (χ4v) is 3.86. The molecule has 0 aromatic heterocycles. The first-order chi connectivity index (χ1) is 12.6. The number of nitrogens with two attached hydrogens (primary N) is 1. The summed E-state index contributed by atoms with van der Waals surface area (Å²) in [7, 11) is 1.84. The van der Waals surface area contributed by atoms with Crippen LogP contribution in [0.4, 0.5) is 5.69 Å². The molecule has 1 saturated heterocycles. The fourth-order valence-electron chi connectivity index (χ4n) is 3.86. The second kappa shape index (κ2) is 8.42. The number of benzene rings is 1. The van der Waals surface area contributed by atoms with E-state index in [-0.39, 0.29) is 17.8 Å². The van der Waals surface area contributed by atoms with Crippen molar-refractivity contribution in [1.82, 2.24) is 4.90 Å². The van der Waals surface area contributed by atoms with E-state index in [0.717, 1.165) is 11.3 Å². The van der Waals surface area contributed by atoms with Crippen LogP contribution in [0.3, 0.4) is 0 Å². The SMILES string of the molecule is C=C1[C@H]2C(C)C=C(C)C(C)[C@H]2C(=O)N1C.CC(=O)OCc1ccc(N)cc1. The summed E-state index contributed by atoms with van der Waals surface area (Å²) in [6.07, 6.45) is 2.30. The van der Waals surface area contributed by atoms with E-state index in [1.165, 1.54) is 12.5 Å². The van der Waals surface area contributed by atoms with Crippen molar-refractivity contribution < 1.29 is 14.3 Å². The topological polar surface area (TPSA) is 72.6 Å². The molecule has 0 bridgehead atoms. The first-order valence-electron chi connectivity index (χ1n) is 9.26. The molecule has 4 atom stereocenters. The van der Waals surface area contributed by atoms with Crippen LogP contribution in [0.2, 0.25) is 0 Å². The molecule has 1 aliphatic heterocycles. The quantitative estimate of drug-likeness (QED) is 0.489. The molecular formula is C22H30N2O3. The first-order valence-corrected chi connectivity index (χ1v) is 9.26. The second-order valence-corrected chi connectivity index (χ2v) is 7.52. The molecule has 5 heteroatoms. The maximum atomic E-state index is 12.1. The number of carbonyl (C=O) groups excluding carboxylic acids is 2. The van der Waals surface area contributed by atoms with Gasteiger partial charge >= 0.3 is 5.97 Å². The number of fused-ring (bicyclic) bond motifs is 1. The zero-order valence-electron chi connectivity index (χ0n) is 16.9. The normalized spacial score (nSPS) is 26.7. The molecule has 3 rings (SSSR count). The lowest BCUT2D eigenvalue weighted by Crippen LogP contribution is -2.32. The van der Waals surface area contributed by atoms with Crippen molar-refractivity contribution in [3.05, 3.63) is 53.8 Å². The fraction of sp³-hybridized carbons (Fsp3) is 0.455. The lowest BCUT2D eigenvalue weighted by Gasteiger charge is -2.32. The lowest BCUT2D eigenvalue weighted by atomic mass is 9.69. The predicted octanol–water partition coefficient (Wildman–Crippen LogP) is 3.77. The predicted molar refractivity (Wildman–Crippen MR) is 107 cm³/mol. The third-order valence-electron chi connectivity index (χ3n) is 5.59. The van der Waals surface area contributed by atoms with Crippen molar-refractivity contribution in [1.29, 1.82) is 0 Å². The van der Waals surface area contributed by atoms with Crippen molar-refractivity contribution in [3.63, 3.8) is 0 Å². The van der Waals surface area contributed by atoms with Gasteiger partial charge < -0.3 is 15.4 Å². The largest absolute Gasteiger partial charge is 0.461 e. The average Bonchev–Trinajstić information content (AvgIpc) is 2.84. The highest BCUT2D eigenvalue weighted by Gasteiger charge is 2.48. The molecule has 2 aliphatic rings. The summed E-state index contributed by atoms with van der Waals surface area (Å²) in [5, 5.41) is 0. The first kappa shape index (κ1) is 20.7. The van der Waals surface area contributed by atoms with Crippen LogP contribution in [0.5, 0.6) is 0 Å². The molecule has 2 N–H and O–H groups in total. The van der Waals surface area contributed by atoms with Crippen LogP contribution in [-0.4, -0.2) is 23.8 Å². The van der Waals surface area contributed by atoms with E-state index in [4.69, 9.17) is 10.5 Å². The van der Waals surface area contributed by atoms with E-state index in [1.807, 2.05) is 19.2 Å². The summed E-state index contributed by atoms with van der Waals surface area (Å²) < 4.78 is 4.79. The highest BCUT2D eigenvalue weighted by molar-refractivity contribution is 5.85. The molecular weight excluding hydrogens is 340 g/mol. The summed E-state index contributed by atoms with van der Waals surface area (Å²) in [6, 6.07) is 7.22. The minimum Gasteiger partial charge on any atom is -0.461 e. The summed E-state index contributed by atoms with van der Waals surface area (Å²) in [6.45, 7) is 12.2. The summed E-state index contributed by atoms with van der Waals surface area (Å²) in [5.74, 6) is 1.22. The molecule has 2 unspecified atom stereocenters. The Morgan fingerprint density at radius 2 is 1.81 bits per heavy atom. The lowest BCUT2D eigenvalue weighted by molar-refractivity contribution is -0.142. The molecule has 27 heavy (non-hydrogen) atoms. The van der Waals surface area contributed by atoms with E-state index < -0.39 is 0 Å². The maximum absolute atomic E-state index is 12.1. The number of likely N-dealkylation sites (tertiary alicyclic amines) is 1. The average molecular weight is 370 g/mol. The number of nitrogen functional groups attached to an aromatic ring is 1. The van der Waals surface area contributed by atoms with E-state index in [2.05, 4.69) is 33.4 Å². The third kappa shape index (κ3) is 4.59. The molecule has 5 nitrogen and oxygen atoms in total. The Kier molecular flexibility index (Phi) is 6.47. The molecule has 0 saturated carbocycles. The van der Waals surface area contributed by atoms with Crippen LogP contribution in [-0.2, 0) is 20.9 Å². The number of allylic oxidation sites excluding steroid dienone is 3. The number of hydrogen-bond donors (Lipinski definition) is 1. The monoisotopic (exact) mass is 370 g/mol. The van der Waals surface area contributed by atoms with Gasteiger partial charge in [0.15, 0.2) is 0 Å². The summed E-state index contributed by atoms with van der Waals surface area (Å²) >= 11 is 0. The molecule has 1 aliphatic carbocycles. The van der Waals surface area contributed by atoms with Crippen molar-refractivity contribution in [3.8, 4) is 0 Å². The highest BCUT2D eigenvalue weighted by atomic mass is 16.5. The van der Waals surface area contributed by atoms with Gasteiger partial charge in [-0.2, -0.15) is 0 Å². The minimum absolute atomic E-state index is 0.127. The van der Waals surface area contributed by atoms with Gasteiger partial charge in [-0.15, -0.1) is 0 Å². The molecule has 1 heterocycles. The molecule has 146 valence electrons. The Labute approximate surface area is 161 Å². The van der Waals surface area contributed by atoms with E-state index in [0.29, 0.717) is 30.0 Å². The molecule has 1 fully saturated rings. The number of amides is 1. The van der Waals surface area contributed by atoms with E-state index in [1.54, 1.807) is 17.0 Å². The van der Waals surface area contributed by atoms with Gasteiger partial charge in [0.2, 0.25) is 5.91 Å². The zero-order chi connectivity index (χ0) is 20.3. The number of esters is 1. The Morgan fingerprint density at radius 3 is 2.37 bits per heavy atom. The van der Waals surface area contributed by atoms with Crippen molar-refractivity contribution in [2.45, 2.75) is 34.3 Å².